The highest BCUT2D eigenvalue weighted by Crippen LogP contribution is 2.29. The number of aromatic nitrogens is 2. The largest absolute Gasteiger partial charge is 0.305 e. The average Bonchev–Trinajstić information content (AvgIpc) is 3.30. The number of aryl methyl sites for hydroxylation is 1. The number of hydrogen-bond acceptors (Lipinski definition) is 3. The van der Waals surface area contributed by atoms with Crippen molar-refractivity contribution in [1.82, 2.24) is 19.6 Å². The van der Waals surface area contributed by atoms with Crippen LogP contribution < -0.4 is 0 Å². The molecular weight excluding hydrogens is 370 g/mol. The van der Waals surface area contributed by atoms with E-state index in [-0.39, 0.29) is 5.69 Å². The highest BCUT2D eigenvalue weighted by atomic mass is 19.1. The molecule has 152 valence electrons. The fourth-order valence-corrected chi connectivity index (χ4v) is 4.00. The Bertz CT molecular complexity index is 1010. The van der Waals surface area contributed by atoms with Crippen LogP contribution in [0.3, 0.4) is 0 Å². The standard InChI is InChI=1S/C23H26F2N4/c1-16-6-4-5-7-20(16)23-17(13-28-11-10-19(15-28)27(2)3)14-29(26-23)22-9-8-18(24)12-21(22)25/h4-9,12,14,19H,10-11,13,15H2,1-3H3/t19-/m1/s1. The van der Waals surface area contributed by atoms with Crippen LogP contribution in [0.5, 0.6) is 0 Å². The summed E-state index contributed by atoms with van der Waals surface area (Å²) in [6.45, 7) is 4.81. The highest BCUT2D eigenvalue weighted by Gasteiger charge is 2.26. The molecule has 0 spiro atoms. The lowest BCUT2D eigenvalue weighted by Crippen LogP contribution is -2.31. The third-order valence-electron chi connectivity index (χ3n) is 5.72. The monoisotopic (exact) mass is 396 g/mol. The molecule has 1 atom stereocenters. The molecule has 0 radical (unpaired) electrons. The summed E-state index contributed by atoms with van der Waals surface area (Å²) in [6.07, 6.45) is 3.01. The lowest BCUT2D eigenvalue weighted by molar-refractivity contribution is 0.265. The van der Waals surface area contributed by atoms with E-state index in [4.69, 9.17) is 5.10 Å². The Labute approximate surface area is 170 Å². The van der Waals surface area contributed by atoms with Crippen LogP contribution in [0.15, 0.2) is 48.7 Å². The number of benzene rings is 2. The van der Waals surface area contributed by atoms with Crippen LogP contribution in [-0.4, -0.2) is 52.8 Å². The number of likely N-dealkylation sites (tertiary alicyclic amines) is 1. The van der Waals surface area contributed by atoms with Gasteiger partial charge in [-0.1, -0.05) is 24.3 Å². The number of hydrogen-bond donors (Lipinski definition) is 0. The predicted octanol–water partition coefficient (Wildman–Crippen LogP) is 4.26. The van der Waals surface area contributed by atoms with Gasteiger partial charge in [-0.2, -0.15) is 5.10 Å². The Hall–Kier alpha value is -2.57. The van der Waals surface area contributed by atoms with Crippen LogP contribution in [0.25, 0.3) is 16.9 Å². The Morgan fingerprint density at radius 1 is 1.14 bits per heavy atom. The minimum atomic E-state index is -0.621. The molecule has 2 heterocycles. The maximum Gasteiger partial charge on any atom is 0.151 e. The topological polar surface area (TPSA) is 24.3 Å². The van der Waals surface area contributed by atoms with Crippen molar-refractivity contribution < 1.29 is 8.78 Å². The Morgan fingerprint density at radius 2 is 1.93 bits per heavy atom. The van der Waals surface area contributed by atoms with Gasteiger partial charge in [0.1, 0.15) is 11.5 Å². The average molecular weight is 396 g/mol. The fourth-order valence-electron chi connectivity index (χ4n) is 4.00. The van der Waals surface area contributed by atoms with Gasteiger partial charge in [0.05, 0.1) is 5.69 Å². The van der Waals surface area contributed by atoms with Gasteiger partial charge in [0.15, 0.2) is 5.82 Å². The summed E-state index contributed by atoms with van der Waals surface area (Å²) in [4.78, 5) is 4.67. The van der Waals surface area contributed by atoms with Crippen LogP contribution >= 0.6 is 0 Å². The first-order chi connectivity index (χ1) is 13.9. The van der Waals surface area contributed by atoms with Gasteiger partial charge in [-0.3, -0.25) is 4.90 Å². The lowest BCUT2D eigenvalue weighted by Gasteiger charge is -2.20. The maximum absolute atomic E-state index is 14.4. The Balaban J connectivity index is 1.73. The van der Waals surface area contributed by atoms with Crippen LogP contribution in [0.2, 0.25) is 0 Å². The highest BCUT2D eigenvalue weighted by molar-refractivity contribution is 5.67. The quantitative estimate of drug-likeness (QED) is 0.644. The molecule has 3 aromatic rings. The molecule has 1 saturated heterocycles. The van der Waals surface area contributed by atoms with Gasteiger partial charge in [-0.15, -0.1) is 0 Å². The maximum atomic E-state index is 14.4. The van der Waals surface area contributed by atoms with Gasteiger partial charge in [-0.25, -0.2) is 13.5 Å². The minimum Gasteiger partial charge on any atom is -0.305 e. The fraction of sp³-hybridized carbons (Fsp3) is 0.348. The molecule has 4 rings (SSSR count). The van der Waals surface area contributed by atoms with E-state index in [1.54, 1.807) is 0 Å². The van der Waals surface area contributed by atoms with Crippen molar-refractivity contribution in [2.24, 2.45) is 0 Å². The summed E-state index contributed by atoms with van der Waals surface area (Å²) in [6, 6.07) is 12.2. The molecule has 2 aromatic carbocycles. The lowest BCUT2D eigenvalue weighted by atomic mass is 10.0. The molecule has 0 unspecified atom stereocenters. The summed E-state index contributed by atoms with van der Waals surface area (Å²) in [5, 5.41) is 4.72. The molecular formula is C23H26F2N4. The zero-order valence-corrected chi connectivity index (χ0v) is 17.1. The van der Waals surface area contributed by atoms with Gasteiger partial charge in [0, 0.05) is 49.1 Å². The molecule has 1 aromatic heterocycles. The molecule has 0 aliphatic carbocycles. The van der Waals surface area contributed by atoms with Gasteiger partial charge >= 0.3 is 0 Å². The van der Waals surface area contributed by atoms with E-state index in [1.807, 2.05) is 24.4 Å². The third kappa shape index (κ3) is 4.09. The van der Waals surface area contributed by atoms with E-state index < -0.39 is 11.6 Å². The van der Waals surface area contributed by atoms with E-state index in [9.17, 15) is 8.78 Å². The first-order valence-electron chi connectivity index (χ1n) is 9.91. The van der Waals surface area contributed by atoms with Gasteiger partial charge in [0.25, 0.3) is 0 Å². The van der Waals surface area contributed by atoms with Crippen molar-refractivity contribution in [1.29, 1.82) is 0 Å². The molecule has 6 heteroatoms. The first-order valence-corrected chi connectivity index (χ1v) is 9.91. The second-order valence-corrected chi connectivity index (χ2v) is 8.00. The van der Waals surface area contributed by atoms with Crippen LogP contribution in [-0.2, 0) is 6.54 Å². The van der Waals surface area contributed by atoms with Crippen molar-refractivity contribution in [3.63, 3.8) is 0 Å². The van der Waals surface area contributed by atoms with Gasteiger partial charge in [-0.05, 0) is 45.1 Å². The SMILES string of the molecule is Cc1ccccc1-c1nn(-c2ccc(F)cc2F)cc1CN1CC[C@@H](N(C)C)C1. The van der Waals surface area contributed by atoms with Crippen LogP contribution in [0, 0.1) is 18.6 Å². The summed E-state index contributed by atoms with van der Waals surface area (Å²) in [7, 11) is 4.23. The minimum absolute atomic E-state index is 0.250. The van der Waals surface area contributed by atoms with E-state index in [0.29, 0.717) is 6.04 Å². The number of nitrogens with zero attached hydrogens (tertiary/aromatic N) is 4. The number of halogens is 2. The van der Waals surface area contributed by atoms with E-state index in [0.717, 1.165) is 54.5 Å². The molecule has 4 nitrogen and oxygen atoms in total. The molecule has 1 aliphatic rings. The molecule has 0 bridgehead atoms. The predicted molar refractivity (Wildman–Crippen MR) is 111 cm³/mol. The van der Waals surface area contributed by atoms with Crippen molar-refractivity contribution >= 4 is 0 Å². The second-order valence-electron chi connectivity index (χ2n) is 8.00. The van der Waals surface area contributed by atoms with Crippen molar-refractivity contribution in [3.8, 4) is 16.9 Å². The molecule has 1 fully saturated rings. The van der Waals surface area contributed by atoms with E-state index in [2.05, 4.69) is 36.9 Å². The normalized spacial score (nSPS) is 17.4. The Kier molecular flexibility index (Phi) is 5.48. The van der Waals surface area contributed by atoms with Crippen molar-refractivity contribution in [3.05, 3.63) is 71.4 Å². The zero-order chi connectivity index (χ0) is 20.5. The van der Waals surface area contributed by atoms with Crippen molar-refractivity contribution in [2.75, 3.05) is 27.2 Å². The van der Waals surface area contributed by atoms with Crippen molar-refractivity contribution in [2.45, 2.75) is 25.9 Å². The first kappa shape index (κ1) is 19.7. The van der Waals surface area contributed by atoms with E-state index in [1.165, 1.54) is 16.8 Å². The zero-order valence-electron chi connectivity index (χ0n) is 17.1. The second kappa shape index (κ2) is 8.05. The summed E-state index contributed by atoms with van der Waals surface area (Å²) >= 11 is 0. The van der Waals surface area contributed by atoms with E-state index >= 15 is 0 Å². The van der Waals surface area contributed by atoms with Gasteiger partial charge < -0.3 is 4.90 Å². The summed E-state index contributed by atoms with van der Waals surface area (Å²) in [5.74, 6) is -1.21. The van der Waals surface area contributed by atoms with Crippen LogP contribution in [0.4, 0.5) is 8.78 Å². The smallest absolute Gasteiger partial charge is 0.151 e. The molecule has 0 amide bonds. The summed E-state index contributed by atoms with van der Waals surface area (Å²) < 4.78 is 29.3. The molecule has 1 aliphatic heterocycles. The number of likely N-dealkylation sites (N-methyl/N-ethyl adjacent to an activating group) is 1. The molecule has 0 N–H and O–H groups in total. The van der Waals surface area contributed by atoms with Crippen LogP contribution in [0.1, 0.15) is 17.5 Å². The van der Waals surface area contributed by atoms with Gasteiger partial charge in [0.2, 0.25) is 0 Å². The number of rotatable bonds is 5. The third-order valence-corrected chi connectivity index (χ3v) is 5.72. The summed E-state index contributed by atoms with van der Waals surface area (Å²) in [5.41, 5.74) is 4.29. The molecule has 29 heavy (non-hydrogen) atoms. The molecule has 0 saturated carbocycles. The Morgan fingerprint density at radius 3 is 2.62 bits per heavy atom.